The monoisotopic (exact) mass is 274 g/mol. The fraction of sp³-hybridized carbons (Fsp3) is 0.312. The Morgan fingerprint density at radius 1 is 1.20 bits per heavy atom. The number of hydrogen-bond donors (Lipinski definition) is 2. The third-order valence-electron chi connectivity index (χ3n) is 3.22. The van der Waals surface area contributed by atoms with Gasteiger partial charge in [0.2, 0.25) is 0 Å². The van der Waals surface area contributed by atoms with E-state index in [1.165, 1.54) is 17.8 Å². The van der Waals surface area contributed by atoms with Crippen LogP contribution in [0.2, 0.25) is 0 Å². The SMILES string of the molecule is CC(N[C@@H](CO)Cc1ccccc1)c1ccc(F)cn1. The summed E-state index contributed by atoms with van der Waals surface area (Å²) in [5.41, 5.74) is 1.93. The molecule has 1 heterocycles. The summed E-state index contributed by atoms with van der Waals surface area (Å²) < 4.78 is 12.8. The van der Waals surface area contributed by atoms with Crippen LogP contribution in [0, 0.1) is 5.82 Å². The Morgan fingerprint density at radius 3 is 2.55 bits per heavy atom. The Bertz CT molecular complexity index is 516. The Balaban J connectivity index is 1.97. The average Bonchev–Trinajstić information content (AvgIpc) is 2.48. The van der Waals surface area contributed by atoms with Crippen LogP contribution in [0.25, 0.3) is 0 Å². The van der Waals surface area contributed by atoms with Crippen LogP contribution in [0.5, 0.6) is 0 Å². The number of halogens is 1. The first-order chi connectivity index (χ1) is 9.69. The highest BCUT2D eigenvalue weighted by Gasteiger charge is 2.14. The molecule has 0 aliphatic rings. The van der Waals surface area contributed by atoms with Crippen LogP contribution >= 0.6 is 0 Å². The molecule has 1 aromatic heterocycles. The maximum absolute atomic E-state index is 12.8. The molecule has 0 amide bonds. The topological polar surface area (TPSA) is 45.1 Å². The summed E-state index contributed by atoms with van der Waals surface area (Å²) in [5.74, 6) is -0.344. The van der Waals surface area contributed by atoms with Crippen molar-refractivity contribution in [2.45, 2.75) is 25.4 Å². The van der Waals surface area contributed by atoms with Gasteiger partial charge in [-0.15, -0.1) is 0 Å². The van der Waals surface area contributed by atoms with Gasteiger partial charge in [0.05, 0.1) is 18.5 Å². The fourth-order valence-corrected chi connectivity index (χ4v) is 2.16. The number of nitrogens with zero attached hydrogens (tertiary/aromatic N) is 1. The van der Waals surface area contributed by atoms with Crippen molar-refractivity contribution >= 4 is 0 Å². The molecule has 106 valence electrons. The molecule has 1 aromatic carbocycles. The lowest BCUT2D eigenvalue weighted by Gasteiger charge is -2.21. The highest BCUT2D eigenvalue weighted by atomic mass is 19.1. The summed E-state index contributed by atoms with van der Waals surface area (Å²) in [5, 5.41) is 12.8. The van der Waals surface area contributed by atoms with E-state index in [0.29, 0.717) is 0 Å². The molecule has 4 heteroatoms. The summed E-state index contributed by atoms with van der Waals surface area (Å²) in [7, 11) is 0. The molecule has 2 aromatic rings. The van der Waals surface area contributed by atoms with E-state index in [4.69, 9.17) is 0 Å². The molecule has 0 saturated carbocycles. The number of benzene rings is 1. The van der Waals surface area contributed by atoms with Gasteiger partial charge in [-0.05, 0) is 31.0 Å². The molecule has 20 heavy (non-hydrogen) atoms. The largest absolute Gasteiger partial charge is 0.395 e. The number of aromatic nitrogens is 1. The van der Waals surface area contributed by atoms with Crippen LogP contribution in [0.15, 0.2) is 48.7 Å². The second-order valence-electron chi connectivity index (χ2n) is 4.86. The van der Waals surface area contributed by atoms with Crippen molar-refractivity contribution in [2.75, 3.05) is 6.61 Å². The van der Waals surface area contributed by atoms with Gasteiger partial charge >= 0.3 is 0 Å². The zero-order valence-electron chi connectivity index (χ0n) is 11.5. The molecule has 3 nitrogen and oxygen atoms in total. The highest BCUT2D eigenvalue weighted by Crippen LogP contribution is 2.12. The average molecular weight is 274 g/mol. The first-order valence-electron chi connectivity index (χ1n) is 6.71. The minimum absolute atomic E-state index is 0.0421. The minimum atomic E-state index is -0.344. The molecule has 0 spiro atoms. The van der Waals surface area contributed by atoms with Crippen molar-refractivity contribution < 1.29 is 9.50 Å². The standard InChI is InChI=1S/C16H19FN2O/c1-12(16-8-7-14(17)10-18-16)19-15(11-20)9-13-5-3-2-4-6-13/h2-8,10,12,15,19-20H,9,11H2,1H3/t12?,15-/m1/s1. The molecule has 0 radical (unpaired) electrons. The first-order valence-corrected chi connectivity index (χ1v) is 6.71. The van der Waals surface area contributed by atoms with E-state index in [2.05, 4.69) is 10.3 Å². The van der Waals surface area contributed by atoms with Crippen LogP contribution in [0.4, 0.5) is 4.39 Å². The quantitative estimate of drug-likeness (QED) is 0.850. The smallest absolute Gasteiger partial charge is 0.141 e. The lowest BCUT2D eigenvalue weighted by atomic mass is 10.1. The van der Waals surface area contributed by atoms with Crippen molar-refractivity contribution in [3.63, 3.8) is 0 Å². The summed E-state index contributed by atoms with van der Waals surface area (Å²) in [6.07, 6.45) is 1.95. The van der Waals surface area contributed by atoms with E-state index in [1.807, 2.05) is 37.3 Å². The lowest BCUT2D eigenvalue weighted by molar-refractivity contribution is 0.232. The van der Waals surface area contributed by atoms with Crippen molar-refractivity contribution in [1.29, 1.82) is 0 Å². The van der Waals surface area contributed by atoms with Gasteiger partial charge in [-0.1, -0.05) is 30.3 Å². The first kappa shape index (κ1) is 14.6. The van der Waals surface area contributed by atoms with Gasteiger partial charge in [-0.3, -0.25) is 4.98 Å². The predicted molar refractivity (Wildman–Crippen MR) is 76.8 cm³/mol. The molecule has 0 fully saturated rings. The highest BCUT2D eigenvalue weighted by molar-refractivity contribution is 5.16. The van der Waals surface area contributed by atoms with Crippen molar-refractivity contribution in [3.8, 4) is 0 Å². The van der Waals surface area contributed by atoms with Gasteiger partial charge in [-0.2, -0.15) is 0 Å². The Morgan fingerprint density at radius 2 is 1.95 bits per heavy atom. The Kier molecular flexibility index (Phi) is 5.21. The molecule has 1 unspecified atom stereocenters. The molecular formula is C16H19FN2O. The van der Waals surface area contributed by atoms with E-state index in [-0.39, 0.29) is 24.5 Å². The molecule has 2 rings (SSSR count). The van der Waals surface area contributed by atoms with Gasteiger partial charge in [0.1, 0.15) is 5.82 Å². The van der Waals surface area contributed by atoms with Crippen molar-refractivity contribution in [3.05, 3.63) is 65.7 Å². The van der Waals surface area contributed by atoms with E-state index < -0.39 is 0 Å². The number of pyridine rings is 1. The maximum atomic E-state index is 12.8. The number of aliphatic hydroxyl groups is 1. The summed E-state index contributed by atoms with van der Waals surface area (Å²) in [4.78, 5) is 4.05. The van der Waals surface area contributed by atoms with Crippen molar-refractivity contribution in [2.24, 2.45) is 0 Å². The van der Waals surface area contributed by atoms with Gasteiger partial charge in [-0.25, -0.2) is 4.39 Å². The van der Waals surface area contributed by atoms with E-state index >= 15 is 0 Å². The van der Waals surface area contributed by atoms with Crippen LogP contribution in [-0.2, 0) is 6.42 Å². The summed E-state index contributed by atoms with van der Waals surface area (Å²) in [6.45, 7) is 1.99. The van der Waals surface area contributed by atoms with Gasteiger partial charge in [0, 0.05) is 12.1 Å². The third kappa shape index (κ3) is 4.11. The normalized spacial score (nSPS) is 13.9. The van der Waals surface area contributed by atoms with Crippen molar-refractivity contribution in [1.82, 2.24) is 10.3 Å². The molecule has 2 N–H and O–H groups in total. The zero-order valence-corrected chi connectivity index (χ0v) is 11.5. The van der Waals surface area contributed by atoms with Gasteiger partial charge in [0.25, 0.3) is 0 Å². The number of aliphatic hydroxyl groups excluding tert-OH is 1. The molecular weight excluding hydrogens is 255 g/mol. The zero-order chi connectivity index (χ0) is 14.4. The van der Waals surface area contributed by atoms with Crippen LogP contribution in [0.3, 0.4) is 0 Å². The van der Waals surface area contributed by atoms with Gasteiger partial charge < -0.3 is 10.4 Å². The molecule has 0 aliphatic carbocycles. The van der Waals surface area contributed by atoms with E-state index in [0.717, 1.165) is 12.1 Å². The number of hydrogen-bond acceptors (Lipinski definition) is 3. The minimum Gasteiger partial charge on any atom is -0.395 e. The Hall–Kier alpha value is -1.78. The van der Waals surface area contributed by atoms with E-state index in [1.54, 1.807) is 6.07 Å². The summed E-state index contributed by atoms with van der Waals surface area (Å²) >= 11 is 0. The second kappa shape index (κ2) is 7.12. The molecule has 0 saturated heterocycles. The van der Waals surface area contributed by atoms with Gasteiger partial charge in [0.15, 0.2) is 0 Å². The third-order valence-corrected chi connectivity index (χ3v) is 3.22. The fourth-order valence-electron chi connectivity index (χ4n) is 2.16. The Labute approximate surface area is 118 Å². The predicted octanol–water partition coefficient (Wildman–Crippen LogP) is 2.47. The molecule has 0 bridgehead atoms. The molecule has 2 atom stereocenters. The molecule has 0 aliphatic heterocycles. The van der Waals surface area contributed by atoms with Crippen LogP contribution < -0.4 is 5.32 Å². The maximum Gasteiger partial charge on any atom is 0.141 e. The summed E-state index contributed by atoms with van der Waals surface area (Å²) in [6, 6.07) is 12.9. The lowest BCUT2D eigenvalue weighted by Crippen LogP contribution is -2.36. The van der Waals surface area contributed by atoms with Crippen LogP contribution in [-0.4, -0.2) is 22.7 Å². The number of rotatable bonds is 6. The second-order valence-corrected chi connectivity index (χ2v) is 4.86. The van der Waals surface area contributed by atoms with Crippen LogP contribution in [0.1, 0.15) is 24.2 Å². The van der Waals surface area contributed by atoms with E-state index in [9.17, 15) is 9.50 Å². The number of nitrogens with one attached hydrogen (secondary N) is 1.